The van der Waals surface area contributed by atoms with Crippen LogP contribution in [0.1, 0.15) is 122 Å². The Morgan fingerprint density at radius 2 is 1.70 bits per heavy atom. The van der Waals surface area contributed by atoms with E-state index in [0.29, 0.717) is 16.4 Å². The molecule has 1 aromatic rings. The molecule has 0 amide bonds. The molecule has 1 aromatic carbocycles. The van der Waals surface area contributed by atoms with Gasteiger partial charge in [-0.3, -0.25) is 0 Å². The van der Waals surface area contributed by atoms with Crippen molar-refractivity contribution in [2.75, 3.05) is 0 Å². The summed E-state index contributed by atoms with van der Waals surface area (Å²) in [6.07, 6.45) is 15.7. The highest BCUT2D eigenvalue weighted by Crippen LogP contribution is 2.71. The summed E-state index contributed by atoms with van der Waals surface area (Å²) in [5, 5.41) is 0. The first-order valence-electron chi connectivity index (χ1n) is 15.5. The second-order valence-electron chi connectivity index (χ2n) is 14.5. The zero-order valence-electron chi connectivity index (χ0n) is 24.1. The highest BCUT2D eigenvalue weighted by atomic mass is 79.9. The van der Waals surface area contributed by atoms with E-state index in [1.807, 2.05) is 30.3 Å². The van der Waals surface area contributed by atoms with E-state index in [1.165, 1.54) is 64.2 Å². The Bertz CT molecular complexity index is 944. The minimum atomic E-state index is -0.160. The molecule has 0 saturated heterocycles. The summed E-state index contributed by atoms with van der Waals surface area (Å²) in [6.45, 7) is 12.6. The topological polar surface area (TPSA) is 26.3 Å². The molecular weight excluding hydrogens is 520 g/mol. The summed E-state index contributed by atoms with van der Waals surface area (Å²) in [5.74, 6) is 5.05. The van der Waals surface area contributed by atoms with E-state index < -0.39 is 0 Å². The van der Waals surface area contributed by atoms with Gasteiger partial charge >= 0.3 is 5.97 Å². The number of hydrogen-bond acceptors (Lipinski definition) is 2. The fourth-order valence-electron chi connectivity index (χ4n) is 10.1. The van der Waals surface area contributed by atoms with Gasteiger partial charge in [-0.05, 0) is 110 Å². The Balaban J connectivity index is 1.26. The van der Waals surface area contributed by atoms with E-state index in [0.717, 1.165) is 48.3 Å². The van der Waals surface area contributed by atoms with E-state index in [9.17, 15) is 4.79 Å². The molecule has 37 heavy (non-hydrogen) atoms. The number of fused-ring (bicyclic) bond motifs is 5. The molecule has 0 radical (unpaired) electrons. The van der Waals surface area contributed by atoms with Crippen LogP contribution in [0.5, 0.6) is 0 Å². The second-order valence-corrected chi connectivity index (χ2v) is 16.0. The molecule has 4 aliphatic rings. The van der Waals surface area contributed by atoms with E-state index in [-0.39, 0.29) is 16.4 Å². The zero-order chi connectivity index (χ0) is 26.4. The van der Waals surface area contributed by atoms with Crippen LogP contribution in [0.4, 0.5) is 0 Å². The number of carbonyl (C=O) groups excluding carboxylic acids is 1. The van der Waals surface area contributed by atoms with Crippen molar-refractivity contribution in [3.8, 4) is 0 Å². The van der Waals surface area contributed by atoms with Crippen LogP contribution in [-0.2, 0) is 4.74 Å². The molecule has 4 aliphatic carbocycles. The summed E-state index contributed by atoms with van der Waals surface area (Å²) in [6, 6.07) is 9.51. The van der Waals surface area contributed by atoms with Crippen molar-refractivity contribution in [2.45, 2.75) is 122 Å². The van der Waals surface area contributed by atoms with Gasteiger partial charge in [0.25, 0.3) is 0 Å². The van der Waals surface area contributed by atoms with Gasteiger partial charge in [0, 0.05) is 10.7 Å². The predicted octanol–water partition coefficient (Wildman–Crippen LogP) is 9.85. The number of carbonyl (C=O) groups is 1. The number of alkyl halides is 1. The van der Waals surface area contributed by atoms with Crippen LogP contribution in [0.2, 0.25) is 0 Å². The lowest BCUT2D eigenvalue weighted by Crippen LogP contribution is -2.60. The maximum Gasteiger partial charge on any atom is 0.338 e. The standard InChI is InChI=1S/C34H51BrO2/c1-23(2)10-9-11-24(3)28-14-15-29-27-17-21-34(35)22-26(37-31(36)25-12-7-6-8-13-25)16-20-33(34,5)30(27)18-19-32(28,29)4/h6-8,12-13,23-24,26-30H,9-11,14-22H2,1-5H3/t24?,26-,27?,28?,29?,30?,32+,33+,34?/m0/s1. The van der Waals surface area contributed by atoms with Gasteiger partial charge in [-0.2, -0.15) is 0 Å². The van der Waals surface area contributed by atoms with Crippen molar-refractivity contribution < 1.29 is 9.53 Å². The fraction of sp³-hybridized carbons (Fsp3) is 0.794. The average Bonchev–Trinajstić information content (AvgIpc) is 3.22. The normalized spacial score (nSPS) is 42.0. The van der Waals surface area contributed by atoms with Gasteiger partial charge in [0.1, 0.15) is 6.10 Å². The Labute approximate surface area is 235 Å². The van der Waals surface area contributed by atoms with Crippen molar-refractivity contribution in [2.24, 2.45) is 46.3 Å². The van der Waals surface area contributed by atoms with Gasteiger partial charge in [0.05, 0.1) is 5.56 Å². The first-order valence-corrected chi connectivity index (χ1v) is 16.3. The molecule has 6 unspecified atom stereocenters. The molecule has 9 atom stereocenters. The number of benzene rings is 1. The SMILES string of the molecule is CC(C)CCCC(C)C1CCC2C3CCC4(Br)C[C@@H](OC(=O)c5ccccc5)CC[C@]4(C)C3CC[C@]12C. The number of ether oxygens (including phenoxy) is 1. The quantitative estimate of drug-likeness (QED) is 0.241. The average molecular weight is 572 g/mol. The summed E-state index contributed by atoms with van der Waals surface area (Å²) in [4.78, 5) is 12.8. The molecule has 0 N–H and O–H groups in total. The van der Waals surface area contributed by atoms with Crippen molar-refractivity contribution in [3.05, 3.63) is 35.9 Å². The molecule has 0 aliphatic heterocycles. The third-order valence-corrected chi connectivity index (χ3v) is 13.8. The number of rotatable bonds is 7. The Kier molecular flexibility index (Phi) is 7.96. The van der Waals surface area contributed by atoms with Crippen molar-refractivity contribution >= 4 is 21.9 Å². The van der Waals surface area contributed by atoms with Gasteiger partial charge in [0.15, 0.2) is 0 Å². The smallest absolute Gasteiger partial charge is 0.338 e. The van der Waals surface area contributed by atoms with E-state index in [4.69, 9.17) is 4.74 Å². The zero-order valence-corrected chi connectivity index (χ0v) is 25.7. The van der Waals surface area contributed by atoms with Crippen LogP contribution in [0.15, 0.2) is 30.3 Å². The van der Waals surface area contributed by atoms with Gasteiger partial charge in [-0.25, -0.2) is 4.79 Å². The third-order valence-electron chi connectivity index (χ3n) is 12.2. The third kappa shape index (κ3) is 4.98. The molecule has 4 saturated carbocycles. The number of halogens is 1. The summed E-state index contributed by atoms with van der Waals surface area (Å²) < 4.78 is 6.17. The highest BCUT2D eigenvalue weighted by molar-refractivity contribution is 9.10. The fourth-order valence-corrected chi connectivity index (χ4v) is 11.2. The monoisotopic (exact) mass is 570 g/mol. The van der Waals surface area contributed by atoms with E-state index in [1.54, 1.807) is 0 Å². The maximum absolute atomic E-state index is 12.8. The number of esters is 1. The summed E-state index contributed by atoms with van der Waals surface area (Å²) in [5.41, 5.74) is 1.51. The molecule has 0 aromatic heterocycles. The van der Waals surface area contributed by atoms with E-state index in [2.05, 4.69) is 50.5 Å². The van der Waals surface area contributed by atoms with Crippen molar-refractivity contribution in [1.82, 2.24) is 0 Å². The lowest BCUT2D eigenvalue weighted by Gasteiger charge is -2.64. The second kappa shape index (κ2) is 10.6. The molecule has 206 valence electrons. The minimum Gasteiger partial charge on any atom is -0.459 e. The lowest BCUT2D eigenvalue weighted by molar-refractivity contribution is -0.116. The molecule has 4 fully saturated rings. The first-order chi connectivity index (χ1) is 17.6. The van der Waals surface area contributed by atoms with Gasteiger partial charge in [-0.15, -0.1) is 0 Å². The summed E-state index contributed by atoms with van der Waals surface area (Å²) in [7, 11) is 0. The molecular formula is C34H51BrO2. The van der Waals surface area contributed by atoms with Crippen LogP contribution in [-0.4, -0.2) is 16.4 Å². The molecule has 5 rings (SSSR count). The van der Waals surface area contributed by atoms with Crippen LogP contribution >= 0.6 is 15.9 Å². The van der Waals surface area contributed by atoms with Crippen LogP contribution < -0.4 is 0 Å². The van der Waals surface area contributed by atoms with Gasteiger partial charge in [-0.1, -0.05) is 88.0 Å². The largest absolute Gasteiger partial charge is 0.459 e. The molecule has 0 bridgehead atoms. The molecule has 0 spiro atoms. The van der Waals surface area contributed by atoms with Crippen molar-refractivity contribution in [3.63, 3.8) is 0 Å². The number of hydrogen-bond donors (Lipinski definition) is 0. The van der Waals surface area contributed by atoms with Crippen LogP contribution in [0.25, 0.3) is 0 Å². The maximum atomic E-state index is 12.8. The lowest BCUT2D eigenvalue weighted by atomic mass is 9.44. The van der Waals surface area contributed by atoms with Crippen molar-refractivity contribution in [1.29, 1.82) is 0 Å². The van der Waals surface area contributed by atoms with Crippen LogP contribution in [0, 0.1) is 46.3 Å². The molecule has 0 heterocycles. The van der Waals surface area contributed by atoms with Gasteiger partial charge < -0.3 is 4.74 Å². The summed E-state index contributed by atoms with van der Waals surface area (Å²) >= 11 is 4.35. The Hall–Kier alpha value is -0.830. The molecule has 2 nitrogen and oxygen atoms in total. The minimum absolute atomic E-state index is 0.0214. The molecule has 3 heteroatoms. The van der Waals surface area contributed by atoms with E-state index >= 15 is 0 Å². The Morgan fingerprint density at radius 1 is 0.946 bits per heavy atom. The highest BCUT2D eigenvalue weighted by Gasteiger charge is 2.64. The Morgan fingerprint density at radius 3 is 2.43 bits per heavy atom. The predicted molar refractivity (Wildman–Crippen MR) is 157 cm³/mol. The van der Waals surface area contributed by atoms with Gasteiger partial charge in [0.2, 0.25) is 0 Å². The van der Waals surface area contributed by atoms with Crippen LogP contribution in [0.3, 0.4) is 0 Å². The first kappa shape index (κ1) is 27.7.